The number of hydrogen-bond donors (Lipinski definition) is 0. The lowest BCUT2D eigenvalue weighted by molar-refractivity contribution is -0.139. The Morgan fingerprint density at radius 3 is 2.48 bits per heavy atom. The highest BCUT2D eigenvalue weighted by Crippen LogP contribution is 2.44. The third-order valence-corrected chi connectivity index (χ3v) is 6.48. The van der Waals surface area contributed by atoms with E-state index in [1.165, 1.54) is 45.3 Å². The van der Waals surface area contributed by atoms with Gasteiger partial charge in [-0.15, -0.1) is 0 Å². The van der Waals surface area contributed by atoms with Crippen LogP contribution in [0.2, 0.25) is 0 Å². The van der Waals surface area contributed by atoms with Crippen molar-refractivity contribution in [1.29, 1.82) is 0 Å². The molecule has 3 aliphatic heterocycles. The number of amides is 1. The topological polar surface area (TPSA) is 36.0 Å². The van der Waals surface area contributed by atoms with Crippen LogP contribution in [0.15, 0.2) is 0 Å². The van der Waals surface area contributed by atoms with Crippen LogP contribution < -0.4 is 0 Å². The van der Waals surface area contributed by atoms with Gasteiger partial charge in [-0.1, -0.05) is 0 Å². The van der Waals surface area contributed by atoms with Gasteiger partial charge in [0.2, 0.25) is 5.91 Å². The second-order valence-corrected chi connectivity index (χ2v) is 8.32. The summed E-state index contributed by atoms with van der Waals surface area (Å²) in [5.41, 5.74) is 0.390. The van der Waals surface area contributed by atoms with Crippen LogP contribution in [0, 0.1) is 11.3 Å². The van der Waals surface area contributed by atoms with Crippen molar-refractivity contribution < 1.29 is 9.53 Å². The van der Waals surface area contributed by atoms with Crippen LogP contribution in [0.4, 0.5) is 0 Å². The van der Waals surface area contributed by atoms with E-state index in [9.17, 15) is 4.79 Å². The molecule has 1 aliphatic carbocycles. The smallest absolute Gasteiger partial charge is 0.240 e. The lowest BCUT2D eigenvalue weighted by atomic mass is 9.76. The molecule has 1 spiro atoms. The Bertz CT molecular complexity index is 438. The van der Waals surface area contributed by atoms with Gasteiger partial charge in [0.25, 0.3) is 0 Å². The molecule has 1 unspecified atom stereocenters. The number of carbonyl (C=O) groups excluding carboxylic acids is 1. The van der Waals surface area contributed by atoms with Crippen LogP contribution in [-0.4, -0.2) is 86.2 Å². The molecular weight excluding hydrogens is 290 g/mol. The van der Waals surface area contributed by atoms with Crippen molar-refractivity contribution in [2.24, 2.45) is 11.3 Å². The van der Waals surface area contributed by atoms with Gasteiger partial charge < -0.3 is 14.5 Å². The number of rotatable bonds is 3. The largest absolute Gasteiger partial charge is 0.378 e. The summed E-state index contributed by atoms with van der Waals surface area (Å²) in [6.45, 7) is 7.84. The molecule has 1 saturated carbocycles. The van der Waals surface area contributed by atoms with Crippen LogP contribution >= 0.6 is 0 Å². The molecule has 3 heterocycles. The number of carbonyl (C=O) groups is 1. The maximum Gasteiger partial charge on any atom is 0.240 e. The first-order valence-corrected chi connectivity index (χ1v) is 9.44. The summed E-state index contributed by atoms with van der Waals surface area (Å²) in [4.78, 5) is 19.9. The van der Waals surface area contributed by atoms with Gasteiger partial charge in [0.15, 0.2) is 0 Å². The van der Waals surface area contributed by atoms with E-state index in [2.05, 4.69) is 16.8 Å². The number of likely N-dealkylation sites (N-methyl/N-ethyl adjacent to an activating group) is 1. The minimum absolute atomic E-state index is 0.100. The zero-order valence-corrected chi connectivity index (χ0v) is 14.5. The van der Waals surface area contributed by atoms with E-state index in [-0.39, 0.29) is 6.04 Å². The standard InChI is InChI=1S/C18H31N3O2/c1-19-14-18(4-6-20(7-5-18)13-15-2-3-15)12-16(19)17(22)21-8-10-23-11-9-21/h15-16H,2-14H2,1H3. The second kappa shape index (κ2) is 6.34. The first kappa shape index (κ1) is 15.9. The van der Waals surface area contributed by atoms with E-state index in [4.69, 9.17) is 4.74 Å². The third kappa shape index (κ3) is 3.42. The first-order chi connectivity index (χ1) is 11.2. The fourth-order valence-corrected chi connectivity index (χ4v) is 4.78. The monoisotopic (exact) mass is 321 g/mol. The van der Waals surface area contributed by atoms with Gasteiger partial charge >= 0.3 is 0 Å². The van der Waals surface area contributed by atoms with Crippen molar-refractivity contribution in [3.63, 3.8) is 0 Å². The van der Waals surface area contributed by atoms with E-state index in [0.717, 1.165) is 32.0 Å². The average molecular weight is 321 g/mol. The number of ether oxygens (including phenoxy) is 1. The first-order valence-electron chi connectivity index (χ1n) is 9.44. The maximum atomic E-state index is 12.9. The predicted molar refractivity (Wildman–Crippen MR) is 89.3 cm³/mol. The minimum atomic E-state index is 0.100. The normalized spacial score (nSPS) is 32.6. The molecule has 5 nitrogen and oxygen atoms in total. The molecule has 0 radical (unpaired) electrons. The molecule has 5 heteroatoms. The Balaban J connectivity index is 1.34. The van der Waals surface area contributed by atoms with Gasteiger partial charge in [0, 0.05) is 26.2 Å². The SMILES string of the molecule is CN1CC2(CCN(CC3CC3)CC2)CC1C(=O)N1CCOCC1. The third-order valence-electron chi connectivity index (χ3n) is 6.48. The predicted octanol–water partition coefficient (Wildman–Crippen LogP) is 1.04. The Labute approximate surface area is 139 Å². The van der Waals surface area contributed by atoms with E-state index in [1.807, 2.05) is 4.90 Å². The Hall–Kier alpha value is -0.650. The molecule has 3 saturated heterocycles. The van der Waals surface area contributed by atoms with Crippen LogP contribution in [0.3, 0.4) is 0 Å². The van der Waals surface area contributed by atoms with Crippen LogP contribution in [0.25, 0.3) is 0 Å². The highest BCUT2D eigenvalue weighted by molar-refractivity contribution is 5.82. The Morgan fingerprint density at radius 1 is 1.13 bits per heavy atom. The molecule has 1 atom stereocenters. The summed E-state index contributed by atoms with van der Waals surface area (Å²) in [7, 11) is 2.15. The molecule has 0 aromatic carbocycles. The molecule has 4 rings (SSSR count). The van der Waals surface area contributed by atoms with E-state index >= 15 is 0 Å². The fraction of sp³-hybridized carbons (Fsp3) is 0.944. The summed E-state index contributed by atoms with van der Waals surface area (Å²) < 4.78 is 5.38. The minimum Gasteiger partial charge on any atom is -0.378 e. The zero-order chi connectivity index (χ0) is 15.9. The van der Waals surface area contributed by atoms with Crippen molar-refractivity contribution in [1.82, 2.24) is 14.7 Å². The zero-order valence-electron chi connectivity index (χ0n) is 14.5. The lowest BCUT2D eigenvalue weighted by Gasteiger charge is -2.39. The summed E-state index contributed by atoms with van der Waals surface area (Å²) in [6, 6.07) is 0.100. The number of hydrogen-bond acceptors (Lipinski definition) is 4. The van der Waals surface area contributed by atoms with Crippen molar-refractivity contribution in [2.45, 2.75) is 38.1 Å². The van der Waals surface area contributed by atoms with Crippen LogP contribution in [-0.2, 0) is 9.53 Å². The molecule has 4 fully saturated rings. The lowest BCUT2D eigenvalue weighted by Crippen LogP contribution is -2.48. The number of likely N-dealkylation sites (tertiary alicyclic amines) is 2. The number of piperidine rings is 1. The molecule has 0 aromatic rings. The van der Waals surface area contributed by atoms with Gasteiger partial charge in [-0.05, 0) is 63.6 Å². The highest BCUT2D eigenvalue weighted by Gasteiger charge is 2.47. The van der Waals surface area contributed by atoms with Crippen molar-refractivity contribution >= 4 is 5.91 Å². The van der Waals surface area contributed by atoms with Crippen molar-refractivity contribution in [3.8, 4) is 0 Å². The van der Waals surface area contributed by atoms with Gasteiger partial charge in [-0.3, -0.25) is 9.69 Å². The highest BCUT2D eigenvalue weighted by atomic mass is 16.5. The van der Waals surface area contributed by atoms with Crippen LogP contribution in [0.1, 0.15) is 32.1 Å². The molecule has 23 heavy (non-hydrogen) atoms. The fourth-order valence-electron chi connectivity index (χ4n) is 4.78. The average Bonchev–Trinajstić information content (AvgIpc) is 3.33. The summed E-state index contributed by atoms with van der Waals surface area (Å²) in [5, 5.41) is 0. The summed E-state index contributed by atoms with van der Waals surface area (Å²) in [6.07, 6.45) is 6.51. The Kier molecular flexibility index (Phi) is 4.37. The van der Waals surface area contributed by atoms with E-state index in [1.54, 1.807) is 0 Å². The van der Waals surface area contributed by atoms with Gasteiger partial charge in [0.1, 0.15) is 0 Å². The Morgan fingerprint density at radius 2 is 1.83 bits per heavy atom. The molecular formula is C18H31N3O2. The maximum absolute atomic E-state index is 12.9. The second-order valence-electron chi connectivity index (χ2n) is 8.32. The molecule has 0 aromatic heterocycles. The summed E-state index contributed by atoms with van der Waals surface area (Å²) in [5.74, 6) is 1.33. The van der Waals surface area contributed by atoms with Crippen molar-refractivity contribution in [2.75, 3.05) is 59.5 Å². The number of morpholine rings is 1. The van der Waals surface area contributed by atoms with Gasteiger partial charge in [-0.25, -0.2) is 0 Å². The number of nitrogens with zero attached hydrogens (tertiary/aromatic N) is 3. The summed E-state index contributed by atoms with van der Waals surface area (Å²) >= 11 is 0. The van der Waals surface area contributed by atoms with Crippen LogP contribution in [0.5, 0.6) is 0 Å². The van der Waals surface area contributed by atoms with E-state index in [0.29, 0.717) is 24.5 Å². The molecule has 0 N–H and O–H groups in total. The molecule has 1 amide bonds. The molecule has 4 aliphatic rings. The quantitative estimate of drug-likeness (QED) is 0.778. The van der Waals surface area contributed by atoms with E-state index < -0.39 is 0 Å². The van der Waals surface area contributed by atoms with Gasteiger partial charge in [-0.2, -0.15) is 0 Å². The van der Waals surface area contributed by atoms with Gasteiger partial charge in [0.05, 0.1) is 19.3 Å². The van der Waals surface area contributed by atoms with Crippen molar-refractivity contribution in [3.05, 3.63) is 0 Å². The molecule has 130 valence electrons. The molecule has 0 bridgehead atoms.